The van der Waals surface area contributed by atoms with Gasteiger partial charge in [0.25, 0.3) is 0 Å². The van der Waals surface area contributed by atoms with Gasteiger partial charge >= 0.3 is 0 Å². The van der Waals surface area contributed by atoms with Gasteiger partial charge in [-0.15, -0.1) is 11.8 Å². The summed E-state index contributed by atoms with van der Waals surface area (Å²) in [7, 11) is 0. The van der Waals surface area contributed by atoms with Crippen molar-refractivity contribution in [3.63, 3.8) is 0 Å². The number of amides is 2. The van der Waals surface area contributed by atoms with Gasteiger partial charge in [-0.25, -0.2) is 13.5 Å². The van der Waals surface area contributed by atoms with E-state index < -0.39 is 16.9 Å². The quantitative estimate of drug-likeness (QED) is 0.356. The number of thioether (sulfide) groups is 1. The summed E-state index contributed by atoms with van der Waals surface area (Å²) in [6.45, 7) is 3.47. The Balaban J connectivity index is 1.81. The predicted octanol–water partition coefficient (Wildman–Crippen LogP) is 5.51. The average molecular weight is 533 g/mol. The molecule has 5 rings (SSSR count). The highest BCUT2D eigenvalue weighted by molar-refractivity contribution is 8.00. The van der Waals surface area contributed by atoms with Crippen molar-refractivity contribution in [3.8, 4) is 16.9 Å². The van der Waals surface area contributed by atoms with Gasteiger partial charge in [-0.3, -0.25) is 14.5 Å². The Hall–Kier alpha value is -3.98. The van der Waals surface area contributed by atoms with Crippen LogP contribution in [-0.4, -0.2) is 39.9 Å². The number of carbonyl (C=O) groups excluding carboxylic acids is 2. The van der Waals surface area contributed by atoms with Gasteiger partial charge in [0.1, 0.15) is 24.0 Å². The van der Waals surface area contributed by atoms with Crippen molar-refractivity contribution < 1.29 is 18.4 Å². The lowest BCUT2D eigenvalue weighted by Gasteiger charge is -2.23. The maximum absolute atomic E-state index is 15.2. The van der Waals surface area contributed by atoms with E-state index >= 15 is 4.39 Å². The van der Waals surface area contributed by atoms with Gasteiger partial charge in [0, 0.05) is 28.8 Å². The summed E-state index contributed by atoms with van der Waals surface area (Å²) >= 11 is 1.23. The third-order valence-corrected chi connectivity index (χ3v) is 7.37. The predicted molar refractivity (Wildman–Crippen MR) is 145 cm³/mol. The van der Waals surface area contributed by atoms with E-state index in [2.05, 4.69) is 5.32 Å². The second-order valence-corrected chi connectivity index (χ2v) is 10.4. The fourth-order valence-electron chi connectivity index (χ4n) is 4.55. The summed E-state index contributed by atoms with van der Waals surface area (Å²) < 4.78 is 30.7. The van der Waals surface area contributed by atoms with Crippen LogP contribution >= 0.6 is 11.8 Å². The molecule has 0 bridgehead atoms. The van der Waals surface area contributed by atoms with E-state index in [1.807, 2.05) is 74.5 Å². The summed E-state index contributed by atoms with van der Waals surface area (Å²) in [5.41, 5.74) is 2.82. The van der Waals surface area contributed by atoms with E-state index in [0.717, 1.165) is 11.6 Å². The van der Waals surface area contributed by atoms with Crippen LogP contribution in [0.1, 0.15) is 30.2 Å². The number of anilines is 1. The van der Waals surface area contributed by atoms with Crippen LogP contribution in [0.3, 0.4) is 0 Å². The second kappa shape index (κ2) is 10.8. The lowest BCUT2D eigenvalue weighted by Crippen LogP contribution is -2.44. The molecule has 0 saturated carbocycles. The SMILES string of the molecule is CC(C)NC(=O)CN1C(=O)CSC(c2ccc(F)cc2F)c2c(-c3ccccc3)nn(-c3ccccc3)c21. The molecular formula is C29H26F2N4O2S. The van der Waals surface area contributed by atoms with Crippen LogP contribution in [0.15, 0.2) is 78.9 Å². The van der Waals surface area contributed by atoms with Crippen molar-refractivity contribution in [2.24, 2.45) is 0 Å². The number of halogens is 2. The number of hydrogen-bond acceptors (Lipinski definition) is 4. The molecule has 1 atom stereocenters. The van der Waals surface area contributed by atoms with E-state index in [9.17, 15) is 14.0 Å². The first-order valence-electron chi connectivity index (χ1n) is 12.2. The first-order valence-corrected chi connectivity index (χ1v) is 13.3. The van der Waals surface area contributed by atoms with Gasteiger partial charge in [0.05, 0.1) is 22.4 Å². The molecule has 194 valence electrons. The molecule has 1 aliphatic heterocycles. The van der Waals surface area contributed by atoms with E-state index in [1.165, 1.54) is 28.8 Å². The topological polar surface area (TPSA) is 67.2 Å². The zero-order chi connectivity index (χ0) is 26.8. The fraction of sp³-hybridized carbons (Fsp3) is 0.207. The molecule has 3 aromatic carbocycles. The van der Waals surface area contributed by atoms with Crippen molar-refractivity contribution in [1.82, 2.24) is 15.1 Å². The number of fused-ring (bicyclic) bond motifs is 1. The Morgan fingerprint density at radius 2 is 1.74 bits per heavy atom. The smallest absolute Gasteiger partial charge is 0.240 e. The van der Waals surface area contributed by atoms with Gasteiger partial charge in [0.2, 0.25) is 11.8 Å². The highest BCUT2D eigenvalue weighted by Crippen LogP contribution is 2.49. The molecule has 0 spiro atoms. The second-order valence-electron chi connectivity index (χ2n) is 9.26. The van der Waals surface area contributed by atoms with Crippen LogP contribution in [0, 0.1) is 11.6 Å². The molecule has 1 aliphatic rings. The Labute approximate surface area is 223 Å². The van der Waals surface area contributed by atoms with Crippen molar-refractivity contribution >= 4 is 29.4 Å². The van der Waals surface area contributed by atoms with Crippen LogP contribution in [0.2, 0.25) is 0 Å². The molecule has 6 nitrogen and oxygen atoms in total. The highest BCUT2D eigenvalue weighted by atomic mass is 32.2. The van der Waals surface area contributed by atoms with Crippen LogP contribution in [0.25, 0.3) is 16.9 Å². The Kier molecular flexibility index (Phi) is 7.28. The highest BCUT2D eigenvalue weighted by Gasteiger charge is 2.38. The number of para-hydroxylation sites is 1. The molecule has 1 N–H and O–H groups in total. The van der Waals surface area contributed by atoms with E-state index in [0.29, 0.717) is 22.8 Å². The van der Waals surface area contributed by atoms with Crippen LogP contribution in [-0.2, 0) is 9.59 Å². The lowest BCUT2D eigenvalue weighted by molar-refractivity contribution is -0.123. The molecule has 0 saturated heterocycles. The number of nitrogens with zero attached hydrogens (tertiary/aromatic N) is 3. The maximum Gasteiger partial charge on any atom is 0.240 e. The fourth-order valence-corrected chi connectivity index (χ4v) is 5.77. The third kappa shape index (κ3) is 5.06. The third-order valence-electron chi connectivity index (χ3n) is 6.13. The lowest BCUT2D eigenvalue weighted by atomic mass is 9.99. The summed E-state index contributed by atoms with van der Waals surface area (Å²) in [5.74, 6) is -1.64. The van der Waals surface area contributed by atoms with Crippen molar-refractivity contribution in [1.29, 1.82) is 0 Å². The van der Waals surface area contributed by atoms with Gasteiger partial charge in [-0.05, 0) is 32.0 Å². The number of nitrogens with one attached hydrogen (secondary N) is 1. The molecule has 0 aliphatic carbocycles. The Morgan fingerprint density at radius 1 is 1.05 bits per heavy atom. The zero-order valence-corrected chi connectivity index (χ0v) is 21.7. The van der Waals surface area contributed by atoms with Crippen molar-refractivity contribution in [2.75, 3.05) is 17.2 Å². The molecule has 2 heterocycles. The monoisotopic (exact) mass is 532 g/mol. The van der Waals surface area contributed by atoms with Gasteiger partial charge < -0.3 is 5.32 Å². The number of rotatable bonds is 6. The molecule has 0 fully saturated rings. The van der Waals surface area contributed by atoms with Gasteiger partial charge in [0.15, 0.2) is 0 Å². The van der Waals surface area contributed by atoms with Crippen LogP contribution < -0.4 is 10.2 Å². The normalized spacial score (nSPS) is 15.3. The number of benzene rings is 3. The largest absolute Gasteiger partial charge is 0.352 e. The minimum Gasteiger partial charge on any atom is -0.352 e. The summed E-state index contributed by atoms with van der Waals surface area (Å²) in [6.07, 6.45) is 0. The first-order chi connectivity index (χ1) is 18.3. The van der Waals surface area contributed by atoms with Crippen molar-refractivity contribution in [2.45, 2.75) is 25.1 Å². The van der Waals surface area contributed by atoms with Gasteiger partial charge in [-0.1, -0.05) is 54.6 Å². The van der Waals surface area contributed by atoms with E-state index in [4.69, 9.17) is 5.10 Å². The van der Waals surface area contributed by atoms with E-state index in [-0.39, 0.29) is 35.7 Å². The van der Waals surface area contributed by atoms with E-state index in [1.54, 1.807) is 4.68 Å². The molecule has 1 unspecified atom stereocenters. The molecule has 0 radical (unpaired) electrons. The minimum atomic E-state index is -0.710. The molecule has 9 heteroatoms. The molecular weight excluding hydrogens is 506 g/mol. The van der Waals surface area contributed by atoms with Crippen LogP contribution in [0.5, 0.6) is 0 Å². The zero-order valence-electron chi connectivity index (χ0n) is 20.9. The summed E-state index contributed by atoms with van der Waals surface area (Å²) in [6, 6.07) is 22.1. The van der Waals surface area contributed by atoms with Crippen LogP contribution in [0.4, 0.5) is 14.6 Å². The number of hydrogen-bond donors (Lipinski definition) is 1. The molecule has 2 amide bonds. The van der Waals surface area contributed by atoms with Gasteiger partial charge in [-0.2, -0.15) is 5.10 Å². The maximum atomic E-state index is 15.2. The molecule has 4 aromatic rings. The molecule has 38 heavy (non-hydrogen) atoms. The standard InChI is InChI=1S/C29H26F2N4O2S/c1-18(2)32-24(36)16-34-25(37)17-38-28(22-14-13-20(30)15-23(22)31)26-27(19-9-5-3-6-10-19)33-35(29(26)34)21-11-7-4-8-12-21/h3-15,18,28H,16-17H2,1-2H3,(H,32,36). The van der Waals surface area contributed by atoms with Crippen molar-refractivity contribution in [3.05, 3.63) is 102 Å². The summed E-state index contributed by atoms with van der Waals surface area (Å²) in [5, 5.41) is 7.10. The Morgan fingerprint density at radius 3 is 2.39 bits per heavy atom. The Bertz CT molecular complexity index is 1470. The number of aromatic nitrogens is 2. The first kappa shape index (κ1) is 25.7. The number of carbonyl (C=O) groups is 2. The average Bonchev–Trinajstić information content (AvgIpc) is 3.23. The molecule has 1 aromatic heterocycles. The summed E-state index contributed by atoms with van der Waals surface area (Å²) in [4.78, 5) is 27.9. The minimum absolute atomic E-state index is 0.00581.